The van der Waals surface area contributed by atoms with Crippen molar-refractivity contribution >= 4 is 46.2 Å². The molecular weight excluding hydrogens is 971 g/mol. The first-order valence-corrected chi connectivity index (χ1v) is 28.7. The molecule has 8 rings (SSSR count). The van der Waals surface area contributed by atoms with Crippen LogP contribution in [-0.2, 0) is 32.0 Å². The van der Waals surface area contributed by atoms with E-state index in [9.17, 15) is 39.0 Å². The van der Waals surface area contributed by atoms with Gasteiger partial charge in [0.1, 0.15) is 12.1 Å². The molecule has 5 N–H and O–H groups in total. The highest BCUT2D eigenvalue weighted by molar-refractivity contribution is 6.02. The minimum Gasteiger partial charge on any atom is -0.391 e. The molecule has 7 atom stereocenters. The fourth-order valence-electron chi connectivity index (χ4n) is 12.1. The van der Waals surface area contributed by atoms with Crippen LogP contribution in [0.4, 0.5) is 0 Å². The Morgan fingerprint density at radius 2 is 0.948 bits per heavy atom. The van der Waals surface area contributed by atoms with E-state index in [2.05, 4.69) is 16.0 Å². The van der Waals surface area contributed by atoms with E-state index in [1.165, 1.54) is 0 Å². The normalized spacial score (nSPS) is 21.4. The molecule has 0 radical (unpaired) electrons. The molecule has 2 saturated heterocycles. The van der Waals surface area contributed by atoms with E-state index in [0.29, 0.717) is 63.0 Å². The highest BCUT2D eigenvalue weighted by Gasteiger charge is 2.45. The Morgan fingerprint density at radius 3 is 1.34 bits per heavy atom. The second-order valence-electron chi connectivity index (χ2n) is 22.6. The maximum atomic E-state index is 14.9. The fraction of sp³-hybridized carbons (Fsp3) is 0.548. The SMILES string of the molecule is CN[C@@H](C)C(=O)N[C@H](C(=O)N1CC[C@H](O)[C@H]1CN(CCc1ccccc1)C(=O)c1ccc2cc(C(=O)N(CCc3ccccc3)C[C@@H]3[C@@H](O)CCN3C(=O)[C@@H](NC(=O)C(C)C)C3CCCCC3)ccc2c1)C1CCCCC1. The van der Waals surface area contributed by atoms with Crippen molar-refractivity contribution in [2.24, 2.45) is 17.8 Å². The van der Waals surface area contributed by atoms with E-state index in [4.69, 9.17) is 0 Å². The molecule has 414 valence electrons. The molecule has 4 aromatic rings. The van der Waals surface area contributed by atoms with Gasteiger partial charge in [0, 0.05) is 56.3 Å². The van der Waals surface area contributed by atoms with Gasteiger partial charge in [-0.1, -0.05) is 125 Å². The molecule has 0 aromatic heterocycles. The summed E-state index contributed by atoms with van der Waals surface area (Å²) in [6.45, 7) is 6.88. The summed E-state index contributed by atoms with van der Waals surface area (Å²) in [5.41, 5.74) is 2.93. The van der Waals surface area contributed by atoms with E-state index in [0.717, 1.165) is 86.1 Å². The molecule has 6 amide bonds. The number of aliphatic hydroxyl groups excluding tert-OH is 2. The van der Waals surface area contributed by atoms with Crippen LogP contribution in [0.25, 0.3) is 10.8 Å². The van der Waals surface area contributed by atoms with Gasteiger partial charge in [-0.15, -0.1) is 0 Å². The van der Waals surface area contributed by atoms with Gasteiger partial charge in [0.2, 0.25) is 23.6 Å². The number of nitrogens with zero attached hydrogens (tertiary/aromatic N) is 4. The van der Waals surface area contributed by atoms with Crippen LogP contribution in [0.1, 0.15) is 130 Å². The Balaban J connectivity index is 1.03. The van der Waals surface area contributed by atoms with Crippen molar-refractivity contribution in [2.45, 2.75) is 153 Å². The quantitative estimate of drug-likeness (QED) is 0.0618. The zero-order chi connectivity index (χ0) is 54.6. The maximum absolute atomic E-state index is 14.9. The van der Waals surface area contributed by atoms with Gasteiger partial charge < -0.3 is 45.8 Å². The van der Waals surface area contributed by atoms with Crippen molar-refractivity contribution in [1.29, 1.82) is 0 Å². The summed E-state index contributed by atoms with van der Waals surface area (Å²) in [4.78, 5) is 92.4. The van der Waals surface area contributed by atoms with Crippen molar-refractivity contribution in [3.05, 3.63) is 119 Å². The standard InChI is InChI=1S/C62H83N7O8/c1-41(2)57(72)64-55(45-21-13-7-14-22-45)61(76)68-35-31-53(70)51(68)39-66(33-29-43-17-9-5-10-18-43)59(74)49-27-25-48-38-50(28-26-47(48)37-49)60(75)67(34-30-44-19-11-6-12-20-44)40-52-54(71)32-36-69(52)62(77)56(46-23-15-8-16-24-46)65-58(73)42(3)63-4/h5-6,9-12,17-20,25-28,37-38,41-42,45-46,51-56,63,70-71H,7-8,13-16,21-24,29-36,39-40H2,1-4H3,(H,64,72)(H,65,73)/t42-,51+,52+,53-,54-,55-,56-/m0/s1. The largest absolute Gasteiger partial charge is 0.391 e. The molecule has 4 fully saturated rings. The molecular formula is C62H83N7O8. The number of rotatable bonds is 21. The molecule has 0 spiro atoms. The van der Waals surface area contributed by atoms with E-state index < -0.39 is 42.4 Å². The van der Waals surface area contributed by atoms with E-state index in [-0.39, 0.29) is 66.3 Å². The fourth-order valence-corrected chi connectivity index (χ4v) is 12.1. The van der Waals surface area contributed by atoms with Gasteiger partial charge in [0.25, 0.3) is 11.8 Å². The molecule has 2 aliphatic carbocycles. The summed E-state index contributed by atoms with van der Waals surface area (Å²) in [6.07, 6.45) is 9.53. The lowest BCUT2D eigenvalue weighted by atomic mass is 9.83. The number of benzene rings is 4. The first-order valence-electron chi connectivity index (χ1n) is 28.7. The van der Waals surface area contributed by atoms with Crippen molar-refractivity contribution in [1.82, 2.24) is 35.6 Å². The minimum absolute atomic E-state index is 0.00174. The third-order valence-corrected chi connectivity index (χ3v) is 17.1. The first-order chi connectivity index (χ1) is 37.2. The van der Waals surface area contributed by atoms with Gasteiger partial charge in [-0.3, -0.25) is 28.8 Å². The number of likely N-dealkylation sites (tertiary alicyclic amines) is 2. The predicted molar refractivity (Wildman–Crippen MR) is 299 cm³/mol. The van der Waals surface area contributed by atoms with Crippen LogP contribution in [-0.4, -0.2) is 154 Å². The summed E-state index contributed by atoms with van der Waals surface area (Å²) in [6, 6.07) is 27.3. The number of aliphatic hydroxyl groups is 2. The van der Waals surface area contributed by atoms with E-state index in [1.807, 2.05) is 98.8 Å². The molecule has 2 heterocycles. The third-order valence-electron chi connectivity index (χ3n) is 17.1. The molecule has 4 aromatic carbocycles. The Morgan fingerprint density at radius 1 is 0.545 bits per heavy atom. The van der Waals surface area contributed by atoms with Crippen molar-refractivity contribution in [2.75, 3.05) is 46.3 Å². The van der Waals surface area contributed by atoms with E-state index >= 15 is 0 Å². The number of likely N-dealkylation sites (N-methyl/N-ethyl adjacent to an activating group) is 1. The molecule has 15 nitrogen and oxygen atoms in total. The second-order valence-corrected chi connectivity index (χ2v) is 22.6. The lowest BCUT2D eigenvalue weighted by molar-refractivity contribution is -0.140. The predicted octanol–water partition coefficient (Wildman–Crippen LogP) is 6.53. The maximum Gasteiger partial charge on any atom is 0.253 e. The number of carbonyl (C=O) groups excluding carboxylic acids is 6. The zero-order valence-corrected chi connectivity index (χ0v) is 45.8. The van der Waals surface area contributed by atoms with Gasteiger partial charge in [0.05, 0.1) is 30.3 Å². The zero-order valence-electron chi connectivity index (χ0n) is 45.8. The number of fused-ring (bicyclic) bond motifs is 1. The highest BCUT2D eigenvalue weighted by Crippen LogP contribution is 2.33. The number of carbonyl (C=O) groups is 6. The molecule has 77 heavy (non-hydrogen) atoms. The van der Waals surface area contributed by atoms with Crippen molar-refractivity contribution < 1.29 is 39.0 Å². The summed E-state index contributed by atoms with van der Waals surface area (Å²) < 4.78 is 0. The van der Waals surface area contributed by atoms with Crippen LogP contribution in [0.15, 0.2) is 97.1 Å². The molecule has 0 unspecified atom stereocenters. The van der Waals surface area contributed by atoms with Crippen LogP contribution in [0, 0.1) is 17.8 Å². The van der Waals surface area contributed by atoms with Gasteiger partial charge in [-0.25, -0.2) is 0 Å². The Bertz CT molecular complexity index is 2640. The highest BCUT2D eigenvalue weighted by atomic mass is 16.3. The Labute approximate surface area is 455 Å². The third kappa shape index (κ3) is 14.3. The monoisotopic (exact) mass is 1050 g/mol. The molecule has 4 aliphatic rings. The van der Waals surface area contributed by atoms with Crippen LogP contribution in [0.5, 0.6) is 0 Å². The first kappa shape index (κ1) is 57.0. The van der Waals surface area contributed by atoms with Crippen LogP contribution in [0.2, 0.25) is 0 Å². The number of amides is 6. The molecule has 2 aliphatic heterocycles. The van der Waals surface area contributed by atoms with Crippen molar-refractivity contribution in [3.63, 3.8) is 0 Å². The van der Waals surface area contributed by atoms with Crippen LogP contribution < -0.4 is 16.0 Å². The summed E-state index contributed by atoms with van der Waals surface area (Å²) in [5.74, 6) is -1.69. The average Bonchev–Trinajstić information content (AvgIpc) is 4.03. The summed E-state index contributed by atoms with van der Waals surface area (Å²) in [5, 5.41) is 33.8. The minimum atomic E-state index is -0.874. The molecule has 2 saturated carbocycles. The Hall–Kier alpha value is -6.16. The second kappa shape index (κ2) is 26.9. The van der Waals surface area contributed by atoms with Gasteiger partial charge >= 0.3 is 0 Å². The lowest BCUT2D eigenvalue weighted by Crippen LogP contribution is -2.58. The smallest absolute Gasteiger partial charge is 0.253 e. The van der Waals surface area contributed by atoms with Crippen LogP contribution in [0.3, 0.4) is 0 Å². The number of hydrogen-bond acceptors (Lipinski definition) is 9. The topological polar surface area (TPSA) is 192 Å². The van der Waals surface area contributed by atoms with Gasteiger partial charge in [-0.05, 0) is 123 Å². The number of nitrogens with one attached hydrogen (secondary N) is 3. The van der Waals surface area contributed by atoms with Crippen LogP contribution >= 0.6 is 0 Å². The summed E-state index contributed by atoms with van der Waals surface area (Å²) in [7, 11) is 1.71. The average molecular weight is 1050 g/mol. The van der Waals surface area contributed by atoms with Gasteiger partial charge in [-0.2, -0.15) is 0 Å². The lowest BCUT2D eigenvalue weighted by Gasteiger charge is -2.37. The molecule has 15 heteroatoms. The number of hydrogen-bond donors (Lipinski definition) is 5. The van der Waals surface area contributed by atoms with Gasteiger partial charge in [0.15, 0.2) is 0 Å². The molecule has 0 bridgehead atoms. The van der Waals surface area contributed by atoms with Crippen molar-refractivity contribution in [3.8, 4) is 0 Å². The van der Waals surface area contributed by atoms with E-state index in [1.54, 1.807) is 45.7 Å². The Kier molecular flexibility index (Phi) is 20.0. The summed E-state index contributed by atoms with van der Waals surface area (Å²) >= 11 is 0.